The summed E-state index contributed by atoms with van der Waals surface area (Å²) in [5.74, 6) is 0.507. The number of nitrogens with zero attached hydrogens (tertiary/aromatic N) is 3. The fourth-order valence-electron chi connectivity index (χ4n) is 4.51. The van der Waals surface area contributed by atoms with Crippen molar-refractivity contribution < 1.29 is 9.53 Å². The zero-order chi connectivity index (χ0) is 21.9. The summed E-state index contributed by atoms with van der Waals surface area (Å²) in [5, 5.41) is 7.59. The third kappa shape index (κ3) is 4.66. The van der Waals surface area contributed by atoms with E-state index < -0.39 is 0 Å². The number of hydrogen-bond acceptors (Lipinski definition) is 7. The lowest BCUT2D eigenvalue weighted by molar-refractivity contribution is -0.122. The molecule has 0 spiro atoms. The van der Waals surface area contributed by atoms with E-state index in [-0.39, 0.29) is 24.1 Å². The molecule has 32 heavy (non-hydrogen) atoms. The van der Waals surface area contributed by atoms with Crippen LogP contribution in [-0.2, 0) is 22.6 Å². The van der Waals surface area contributed by atoms with Crippen LogP contribution >= 0.6 is 22.7 Å². The second-order valence-corrected chi connectivity index (χ2v) is 10.3. The van der Waals surface area contributed by atoms with Crippen molar-refractivity contribution >= 4 is 38.8 Å². The second-order valence-electron chi connectivity index (χ2n) is 8.50. The first-order valence-corrected chi connectivity index (χ1v) is 13.1. The first kappa shape index (κ1) is 21.8. The number of hydrogen-bond donors (Lipinski definition) is 1. The molecule has 3 aromatic rings. The van der Waals surface area contributed by atoms with Gasteiger partial charge in [-0.25, -0.2) is 4.98 Å². The number of carbonyl (C=O) groups is 1. The highest BCUT2D eigenvalue weighted by atomic mass is 32.1. The van der Waals surface area contributed by atoms with E-state index in [9.17, 15) is 9.59 Å². The maximum atomic E-state index is 13.7. The normalized spacial score (nSPS) is 19.6. The van der Waals surface area contributed by atoms with Crippen molar-refractivity contribution in [2.24, 2.45) is 0 Å². The molecule has 5 rings (SSSR count). The van der Waals surface area contributed by atoms with Gasteiger partial charge in [0.2, 0.25) is 5.91 Å². The number of ether oxygens (including phenoxy) is 1. The Bertz CT molecular complexity index is 1130. The number of aromatic nitrogens is 2. The lowest BCUT2D eigenvalue weighted by Crippen LogP contribution is -2.39. The van der Waals surface area contributed by atoms with Crippen LogP contribution in [0.4, 0.5) is 0 Å². The van der Waals surface area contributed by atoms with E-state index in [0.717, 1.165) is 60.7 Å². The SMILES string of the molecule is O=C(Cn1c(CN2CCCCC2)nc2scc(-c3cccs3)c2c1=O)NC[C@@H]1CCCO1. The molecule has 0 saturated carbocycles. The molecule has 0 unspecified atom stereocenters. The Hall–Kier alpha value is -2.07. The van der Waals surface area contributed by atoms with Gasteiger partial charge < -0.3 is 10.1 Å². The third-order valence-electron chi connectivity index (χ3n) is 6.23. The molecule has 7 nitrogen and oxygen atoms in total. The van der Waals surface area contributed by atoms with Gasteiger partial charge in [-0.1, -0.05) is 12.5 Å². The fourth-order valence-corrected chi connectivity index (χ4v) is 6.28. The number of likely N-dealkylation sites (tertiary alicyclic amines) is 1. The predicted octanol–water partition coefficient (Wildman–Crippen LogP) is 3.47. The Morgan fingerprint density at radius 1 is 1.22 bits per heavy atom. The molecular weight excluding hydrogens is 444 g/mol. The molecule has 1 atom stereocenters. The van der Waals surface area contributed by atoms with Crippen LogP contribution in [0.25, 0.3) is 20.7 Å². The Balaban J connectivity index is 1.47. The monoisotopic (exact) mass is 472 g/mol. The van der Waals surface area contributed by atoms with E-state index in [1.165, 1.54) is 17.8 Å². The van der Waals surface area contributed by atoms with Crippen molar-refractivity contribution in [3.63, 3.8) is 0 Å². The summed E-state index contributed by atoms with van der Waals surface area (Å²) in [6.07, 6.45) is 5.64. The van der Waals surface area contributed by atoms with Crippen LogP contribution in [-0.4, -0.2) is 52.7 Å². The van der Waals surface area contributed by atoms with Gasteiger partial charge in [-0.15, -0.1) is 22.7 Å². The molecule has 1 N–H and O–H groups in total. The zero-order valence-corrected chi connectivity index (χ0v) is 19.7. The van der Waals surface area contributed by atoms with E-state index in [4.69, 9.17) is 9.72 Å². The maximum Gasteiger partial charge on any atom is 0.263 e. The summed E-state index contributed by atoms with van der Waals surface area (Å²) >= 11 is 3.11. The Labute approximate surface area is 195 Å². The van der Waals surface area contributed by atoms with E-state index >= 15 is 0 Å². The molecule has 0 aliphatic carbocycles. The summed E-state index contributed by atoms with van der Waals surface area (Å²) in [7, 11) is 0. The highest BCUT2D eigenvalue weighted by Gasteiger charge is 2.22. The number of fused-ring (bicyclic) bond motifs is 1. The molecule has 2 fully saturated rings. The summed E-state index contributed by atoms with van der Waals surface area (Å²) in [6.45, 7) is 3.83. The van der Waals surface area contributed by atoms with Crippen LogP contribution in [0.1, 0.15) is 37.9 Å². The first-order valence-electron chi connectivity index (χ1n) is 11.3. The molecule has 0 bridgehead atoms. The van der Waals surface area contributed by atoms with Crippen LogP contribution in [0.15, 0.2) is 27.7 Å². The highest BCUT2D eigenvalue weighted by Crippen LogP contribution is 2.33. The molecule has 2 aliphatic heterocycles. The topological polar surface area (TPSA) is 76.5 Å². The number of thiophene rings is 2. The largest absolute Gasteiger partial charge is 0.376 e. The molecule has 9 heteroatoms. The number of rotatable bonds is 7. The second kappa shape index (κ2) is 9.82. The summed E-state index contributed by atoms with van der Waals surface area (Å²) in [6, 6.07) is 4.00. The minimum Gasteiger partial charge on any atom is -0.376 e. The molecule has 2 aliphatic rings. The molecule has 1 amide bonds. The quantitative estimate of drug-likeness (QED) is 0.570. The van der Waals surface area contributed by atoms with Gasteiger partial charge in [0, 0.05) is 29.0 Å². The number of piperidine rings is 1. The van der Waals surface area contributed by atoms with Crippen molar-refractivity contribution in [3.05, 3.63) is 39.1 Å². The van der Waals surface area contributed by atoms with Crippen LogP contribution in [0.5, 0.6) is 0 Å². The third-order valence-corrected chi connectivity index (χ3v) is 8.00. The number of nitrogens with one attached hydrogen (secondary N) is 1. The molecular formula is C23H28N4O3S2. The van der Waals surface area contributed by atoms with Gasteiger partial charge in [0.05, 0.1) is 18.0 Å². The zero-order valence-electron chi connectivity index (χ0n) is 18.0. The van der Waals surface area contributed by atoms with Crippen LogP contribution in [0.3, 0.4) is 0 Å². The smallest absolute Gasteiger partial charge is 0.263 e. The van der Waals surface area contributed by atoms with Crippen LogP contribution < -0.4 is 10.9 Å². The highest BCUT2D eigenvalue weighted by molar-refractivity contribution is 7.18. The average molecular weight is 473 g/mol. The van der Waals surface area contributed by atoms with E-state index in [1.807, 2.05) is 22.9 Å². The van der Waals surface area contributed by atoms with Crippen molar-refractivity contribution in [1.29, 1.82) is 0 Å². The van der Waals surface area contributed by atoms with Crippen molar-refractivity contribution in [2.45, 2.75) is 51.3 Å². The van der Waals surface area contributed by atoms with Crippen molar-refractivity contribution in [2.75, 3.05) is 26.2 Å². The van der Waals surface area contributed by atoms with Crippen molar-refractivity contribution in [3.8, 4) is 10.4 Å². The standard InChI is InChI=1S/C23H28N4O3S2/c28-20(24-12-16-6-4-10-30-16)14-27-19(13-26-8-2-1-3-9-26)25-22-21(23(27)29)17(15-32-22)18-7-5-11-31-18/h5,7,11,15-16H,1-4,6,8-10,12-14H2,(H,24,28)/t16-/m0/s1. The van der Waals surface area contributed by atoms with Gasteiger partial charge in [0.25, 0.3) is 5.56 Å². The minimum absolute atomic E-state index is 0.0165. The van der Waals surface area contributed by atoms with E-state index in [2.05, 4.69) is 10.2 Å². The fraction of sp³-hybridized carbons (Fsp3) is 0.522. The maximum absolute atomic E-state index is 13.7. The first-order chi connectivity index (χ1) is 15.7. The summed E-state index contributed by atoms with van der Waals surface area (Å²) < 4.78 is 7.19. The van der Waals surface area contributed by atoms with Gasteiger partial charge in [-0.05, 0) is 50.2 Å². The van der Waals surface area contributed by atoms with Gasteiger partial charge in [0.1, 0.15) is 17.2 Å². The van der Waals surface area contributed by atoms with E-state index in [1.54, 1.807) is 15.9 Å². The number of amides is 1. The molecule has 0 radical (unpaired) electrons. The molecule has 3 aromatic heterocycles. The summed E-state index contributed by atoms with van der Waals surface area (Å²) in [4.78, 5) is 35.5. The molecule has 2 saturated heterocycles. The Morgan fingerprint density at radius 2 is 2.09 bits per heavy atom. The van der Waals surface area contributed by atoms with Crippen molar-refractivity contribution in [1.82, 2.24) is 19.8 Å². The average Bonchev–Trinajstić information content (AvgIpc) is 3.57. The van der Waals surface area contributed by atoms with Gasteiger partial charge in [0.15, 0.2) is 0 Å². The summed E-state index contributed by atoms with van der Waals surface area (Å²) in [5.41, 5.74) is 0.787. The lowest BCUT2D eigenvalue weighted by Gasteiger charge is -2.27. The predicted molar refractivity (Wildman–Crippen MR) is 128 cm³/mol. The Kier molecular flexibility index (Phi) is 6.68. The van der Waals surface area contributed by atoms with Crippen LogP contribution in [0, 0.1) is 0 Å². The van der Waals surface area contributed by atoms with E-state index in [0.29, 0.717) is 24.3 Å². The lowest BCUT2D eigenvalue weighted by atomic mass is 10.1. The van der Waals surface area contributed by atoms with Gasteiger partial charge >= 0.3 is 0 Å². The van der Waals surface area contributed by atoms with Gasteiger partial charge in [-0.2, -0.15) is 0 Å². The molecule has 0 aromatic carbocycles. The minimum atomic E-state index is -0.170. The molecule has 170 valence electrons. The number of carbonyl (C=O) groups excluding carboxylic acids is 1. The Morgan fingerprint density at radius 3 is 2.84 bits per heavy atom. The van der Waals surface area contributed by atoms with Gasteiger partial charge in [-0.3, -0.25) is 19.1 Å². The molecule has 5 heterocycles. The van der Waals surface area contributed by atoms with Crippen LogP contribution in [0.2, 0.25) is 0 Å².